The highest BCUT2D eigenvalue weighted by Gasteiger charge is 2.28. The predicted octanol–water partition coefficient (Wildman–Crippen LogP) is 6.35. The van der Waals surface area contributed by atoms with Gasteiger partial charge >= 0.3 is 6.18 Å². The van der Waals surface area contributed by atoms with Crippen molar-refractivity contribution in [3.05, 3.63) is 60.2 Å². The van der Waals surface area contributed by atoms with E-state index in [1.165, 1.54) is 0 Å². The molecule has 0 bridgehead atoms. The second-order valence-electron chi connectivity index (χ2n) is 6.27. The van der Waals surface area contributed by atoms with Gasteiger partial charge in [-0.15, -0.1) is 12.4 Å². The van der Waals surface area contributed by atoms with E-state index < -0.39 is 18.6 Å². The third-order valence-electron chi connectivity index (χ3n) is 4.70. The van der Waals surface area contributed by atoms with Gasteiger partial charge in [-0.25, -0.2) is 0 Å². The molecule has 0 amide bonds. The Kier molecular flexibility index (Phi) is 4.52. The molecule has 4 aromatic carbocycles. The number of hydrogen-bond donors (Lipinski definition) is 1. The maximum absolute atomic E-state index is 12.5. The average Bonchev–Trinajstić information content (AvgIpc) is 2.57. The summed E-state index contributed by atoms with van der Waals surface area (Å²) in [4.78, 5) is 0. The quantitative estimate of drug-likeness (QED) is 0.422. The van der Waals surface area contributed by atoms with Crippen molar-refractivity contribution in [2.75, 3.05) is 0 Å². The van der Waals surface area contributed by atoms with Crippen LogP contribution >= 0.6 is 12.4 Å². The molecule has 0 spiro atoms. The Hall–Kier alpha value is -2.04. The van der Waals surface area contributed by atoms with E-state index in [2.05, 4.69) is 24.3 Å². The minimum atomic E-state index is -4.18. The molecule has 2 N–H and O–H groups in total. The number of alkyl halides is 3. The zero-order chi connectivity index (χ0) is 16.9. The predicted molar refractivity (Wildman–Crippen MR) is 99.6 cm³/mol. The molecule has 5 heteroatoms. The Labute approximate surface area is 149 Å². The molecule has 0 fully saturated rings. The molecule has 0 saturated carbocycles. The van der Waals surface area contributed by atoms with Crippen molar-refractivity contribution < 1.29 is 13.2 Å². The smallest absolute Gasteiger partial charge is 0.324 e. The van der Waals surface area contributed by atoms with E-state index in [-0.39, 0.29) is 18.8 Å². The van der Waals surface area contributed by atoms with Gasteiger partial charge in [-0.2, -0.15) is 13.2 Å². The van der Waals surface area contributed by atoms with Gasteiger partial charge in [0.1, 0.15) is 0 Å². The molecular formula is C20H17ClF3N. The highest BCUT2D eigenvalue weighted by Crippen LogP contribution is 2.38. The minimum absolute atomic E-state index is 0. The van der Waals surface area contributed by atoms with Crippen LogP contribution < -0.4 is 5.73 Å². The van der Waals surface area contributed by atoms with Gasteiger partial charge in [0.05, 0.1) is 0 Å². The van der Waals surface area contributed by atoms with Gasteiger partial charge in [-0.3, -0.25) is 0 Å². The van der Waals surface area contributed by atoms with Gasteiger partial charge < -0.3 is 5.73 Å². The Bertz CT molecular complexity index is 1010. The summed E-state index contributed by atoms with van der Waals surface area (Å²) in [5.41, 5.74) is 6.88. The lowest BCUT2D eigenvalue weighted by Crippen LogP contribution is -2.16. The van der Waals surface area contributed by atoms with Crippen LogP contribution in [0.1, 0.15) is 24.4 Å². The van der Waals surface area contributed by atoms with Crippen LogP contribution in [0.4, 0.5) is 13.2 Å². The first kappa shape index (κ1) is 17.8. The summed E-state index contributed by atoms with van der Waals surface area (Å²) in [6.45, 7) is 0. The van der Waals surface area contributed by atoms with E-state index in [0.29, 0.717) is 0 Å². The Morgan fingerprint density at radius 3 is 2.00 bits per heavy atom. The monoisotopic (exact) mass is 363 g/mol. The van der Waals surface area contributed by atoms with Gasteiger partial charge in [0, 0.05) is 12.5 Å². The molecule has 0 aliphatic rings. The zero-order valence-electron chi connectivity index (χ0n) is 13.3. The van der Waals surface area contributed by atoms with Crippen LogP contribution in [-0.4, -0.2) is 6.18 Å². The number of benzene rings is 4. The van der Waals surface area contributed by atoms with Gasteiger partial charge in [0.2, 0.25) is 0 Å². The molecule has 0 aliphatic heterocycles. The molecule has 0 radical (unpaired) electrons. The summed E-state index contributed by atoms with van der Waals surface area (Å²) in [6, 6.07) is 17.4. The fourth-order valence-electron chi connectivity index (χ4n) is 3.56. The summed E-state index contributed by atoms with van der Waals surface area (Å²) in [5.74, 6) is 0. The fraction of sp³-hybridized carbons (Fsp3) is 0.200. The third-order valence-corrected chi connectivity index (χ3v) is 4.70. The van der Waals surface area contributed by atoms with Gasteiger partial charge in [-0.05, 0) is 44.3 Å². The number of rotatable bonds is 3. The molecule has 0 aromatic heterocycles. The topological polar surface area (TPSA) is 26.0 Å². The van der Waals surface area contributed by atoms with Gasteiger partial charge in [0.25, 0.3) is 0 Å². The second kappa shape index (κ2) is 6.36. The SMILES string of the molecule is Cl.N[C@@H](CCC(F)(F)F)c1ccc2ccc3cccc4ccc1c2c34. The maximum Gasteiger partial charge on any atom is 0.389 e. The first-order valence-corrected chi connectivity index (χ1v) is 7.93. The van der Waals surface area contributed by atoms with Crippen LogP contribution in [0.2, 0.25) is 0 Å². The summed E-state index contributed by atoms with van der Waals surface area (Å²) in [5, 5.41) is 6.54. The largest absolute Gasteiger partial charge is 0.389 e. The third kappa shape index (κ3) is 3.12. The number of nitrogens with two attached hydrogens (primary N) is 1. The van der Waals surface area contributed by atoms with Crippen molar-refractivity contribution in [2.45, 2.75) is 25.1 Å². The van der Waals surface area contributed by atoms with E-state index >= 15 is 0 Å². The minimum Gasteiger partial charge on any atom is -0.324 e. The first-order valence-electron chi connectivity index (χ1n) is 7.93. The van der Waals surface area contributed by atoms with E-state index in [0.717, 1.165) is 37.9 Å². The van der Waals surface area contributed by atoms with Crippen LogP contribution in [0.25, 0.3) is 32.3 Å². The molecule has 0 aliphatic carbocycles. The molecular weight excluding hydrogens is 347 g/mol. The van der Waals surface area contributed by atoms with E-state index in [1.807, 2.05) is 30.3 Å². The lowest BCUT2D eigenvalue weighted by Gasteiger charge is -2.18. The lowest BCUT2D eigenvalue weighted by molar-refractivity contribution is -0.136. The second-order valence-corrected chi connectivity index (χ2v) is 6.27. The van der Waals surface area contributed by atoms with Gasteiger partial charge in [-0.1, -0.05) is 54.6 Å². The molecule has 25 heavy (non-hydrogen) atoms. The summed E-state index contributed by atoms with van der Waals surface area (Å²) in [6.07, 6.45) is -5.15. The van der Waals surface area contributed by atoms with Crippen molar-refractivity contribution in [2.24, 2.45) is 5.73 Å². The highest BCUT2D eigenvalue weighted by atomic mass is 35.5. The zero-order valence-corrected chi connectivity index (χ0v) is 14.1. The summed E-state index contributed by atoms with van der Waals surface area (Å²) < 4.78 is 37.5. The lowest BCUT2D eigenvalue weighted by atomic mass is 9.89. The fourth-order valence-corrected chi connectivity index (χ4v) is 3.56. The van der Waals surface area contributed by atoms with Crippen molar-refractivity contribution in [3.8, 4) is 0 Å². The first-order chi connectivity index (χ1) is 11.4. The Balaban J connectivity index is 0.00000182. The molecule has 130 valence electrons. The average molecular weight is 364 g/mol. The van der Waals surface area contributed by atoms with Crippen LogP contribution in [0, 0.1) is 0 Å². The maximum atomic E-state index is 12.5. The Morgan fingerprint density at radius 1 is 0.800 bits per heavy atom. The molecule has 4 rings (SSSR count). The van der Waals surface area contributed by atoms with Crippen molar-refractivity contribution in [3.63, 3.8) is 0 Å². The summed E-state index contributed by atoms with van der Waals surface area (Å²) >= 11 is 0. The van der Waals surface area contributed by atoms with Crippen molar-refractivity contribution >= 4 is 44.7 Å². The van der Waals surface area contributed by atoms with Crippen molar-refractivity contribution in [1.29, 1.82) is 0 Å². The van der Waals surface area contributed by atoms with Crippen LogP contribution in [0.5, 0.6) is 0 Å². The number of halogens is 4. The Morgan fingerprint density at radius 2 is 1.36 bits per heavy atom. The van der Waals surface area contributed by atoms with Crippen LogP contribution in [-0.2, 0) is 0 Å². The van der Waals surface area contributed by atoms with E-state index in [4.69, 9.17) is 5.73 Å². The summed E-state index contributed by atoms with van der Waals surface area (Å²) in [7, 11) is 0. The molecule has 0 saturated heterocycles. The van der Waals surface area contributed by atoms with E-state index in [9.17, 15) is 13.2 Å². The van der Waals surface area contributed by atoms with Crippen LogP contribution in [0.3, 0.4) is 0 Å². The molecule has 0 heterocycles. The van der Waals surface area contributed by atoms with Crippen LogP contribution in [0.15, 0.2) is 54.6 Å². The van der Waals surface area contributed by atoms with E-state index in [1.54, 1.807) is 0 Å². The normalized spacial score (nSPS) is 13.4. The number of hydrogen-bond acceptors (Lipinski definition) is 1. The molecule has 1 atom stereocenters. The van der Waals surface area contributed by atoms with Crippen molar-refractivity contribution in [1.82, 2.24) is 0 Å². The standard InChI is InChI=1S/C20H16F3N.ClH/c21-20(22,23)11-10-17(24)15-8-6-14-5-4-12-2-1-3-13-7-9-16(15)19(14)18(12)13;/h1-9,17H,10-11,24H2;1H/t17-;/m0./s1. The highest BCUT2D eigenvalue weighted by molar-refractivity contribution is 6.23. The van der Waals surface area contributed by atoms with Gasteiger partial charge in [0.15, 0.2) is 0 Å². The molecule has 4 aromatic rings. The molecule has 0 unspecified atom stereocenters. The molecule has 1 nitrogen and oxygen atoms in total.